The molecular weight excluding hydrogens is 397 g/mol. The van der Waals surface area contributed by atoms with Gasteiger partial charge in [0, 0.05) is 48.3 Å². The highest BCUT2D eigenvalue weighted by Gasteiger charge is 2.25. The van der Waals surface area contributed by atoms with E-state index in [4.69, 9.17) is 23.2 Å². The fourth-order valence-electron chi connectivity index (χ4n) is 3.03. The molecule has 1 aliphatic rings. The summed E-state index contributed by atoms with van der Waals surface area (Å²) in [5, 5.41) is 1.22. The molecule has 1 saturated heterocycles. The van der Waals surface area contributed by atoms with Crippen LogP contribution in [-0.4, -0.2) is 48.5 Å². The van der Waals surface area contributed by atoms with Crippen molar-refractivity contribution in [2.75, 3.05) is 26.2 Å². The number of benzene rings is 2. The van der Waals surface area contributed by atoms with Crippen LogP contribution in [0.15, 0.2) is 42.5 Å². The molecule has 27 heavy (non-hydrogen) atoms. The number of nitrogens with zero attached hydrogens (tertiary/aromatic N) is 2. The van der Waals surface area contributed by atoms with Gasteiger partial charge >= 0.3 is 6.61 Å². The lowest BCUT2D eigenvalue weighted by molar-refractivity contribution is -0.0503. The summed E-state index contributed by atoms with van der Waals surface area (Å²) in [5.74, 6) is -0.426. The monoisotopic (exact) mass is 414 g/mol. The molecule has 0 unspecified atom stereocenters. The van der Waals surface area contributed by atoms with Crippen LogP contribution in [0.25, 0.3) is 0 Å². The normalized spacial score (nSPS) is 15.2. The van der Waals surface area contributed by atoms with E-state index in [1.807, 2.05) is 0 Å². The van der Waals surface area contributed by atoms with Gasteiger partial charge in [0.05, 0.1) is 5.56 Å². The number of halogens is 4. The summed E-state index contributed by atoms with van der Waals surface area (Å²) in [7, 11) is 0. The zero-order valence-electron chi connectivity index (χ0n) is 14.4. The van der Waals surface area contributed by atoms with E-state index >= 15 is 0 Å². The van der Waals surface area contributed by atoms with E-state index in [2.05, 4.69) is 9.64 Å². The summed E-state index contributed by atoms with van der Waals surface area (Å²) in [6.45, 7) is -0.174. The molecule has 1 aliphatic heterocycles. The minimum atomic E-state index is -2.98. The molecule has 0 radical (unpaired) electrons. The Labute approximate surface area is 166 Å². The van der Waals surface area contributed by atoms with E-state index in [0.29, 0.717) is 42.8 Å². The minimum Gasteiger partial charge on any atom is -0.434 e. The molecule has 0 atom stereocenters. The smallest absolute Gasteiger partial charge is 0.387 e. The van der Waals surface area contributed by atoms with Gasteiger partial charge in [-0.3, -0.25) is 9.69 Å². The molecule has 0 aliphatic carbocycles. The number of amides is 1. The summed E-state index contributed by atoms with van der Waals surface area (Å²) in [5.41, 5.74) is 0.997. The maximum atomic E-state index is 12.7. The Morgan fingerprint density at radius 3 is 2.26 bits per heavy atom. The number of alkyl halides is 2. The molecule has 1 amide bonds. The molecule has 0 spiro atoms. The first-order valence-corrected chi connectivity index (χ1v) is 9.19. The number of carbonyl (C=O) groups is 1. The Hall–Kier alpha value is -1.89. The Bertz CT molecular complexity index is 792. The number of ether oxygens (including phenoxy) is 1. The van der Waals surface area contributed by atoms with E-state index in [1.165, 1.54) is 12.1 Å². The average Bonchev–Trinajstić information content (AvgIpc) is 2.65. The molecule has 144 valence electrons. The lowest BCUT2D eigenvalue weighted by atomic mass is 10.1. The fraction of sp³-hybridized carbons (Fsp3) is 0.316. The van der Waals surface area contributed by atoms with Crippen molar-refractivity contribution < 1.29 is 18.3 Å². The highest BCUT2D eigenvalue weighted by atomic mass is 35.5. The SMILES string of the molecule is O=C(c1ccccc1OC(F)F)N1CCN(Cc2c(Cl)cccc2Cl)CC1. The Morgan fingerprint density at radius 1 is 1.00 bits per heavy atom. The van der Waals surface area contributed by atoms with Gasteiger partial charge in [-0.1, -0.05) is 41.4 Å². The molecule has 1 heterocycles. The molecule has 0 saturated carbocycles. The van der Waals surface area contributed by atoms with Gasteiger partial charge in [0.25, 0.3) is 5.91 Å². The van der Waals surface area contributed by atoms with Crippen molar-refractivity contribution in [3.05, 3.63) is 63.6 Å². The molecule has 2 aromatic rings. The van der Waals surface area contributed by atoms with Gasteiger partial charge in [-0.25, -0.2) is 0 Å². The van der Waals surface area contributed by atoms with Crippen molar-refractivity contribution in [1.29, 1.82) is 0 Å². The van der Waals surface area contributed by atoms with Crippen LogP contribution in [-0.2, 0) is 6.54 Å². The third-order valence-electron chi connectivity index (χ3n) is 4.44. The lowest BCUT2D eigenvalue weighted by Crippen LogP contribution is -2.48. The van der Waals surface area contributed by atoms with Crippen LogP contribution in [0, 0.1) is 0 Å². The highest BCUT2D eigenvalue weighted by molar-refractivity contribution is 6.35. The van der Waals surface area contributed by atoms with Gasteiger partial charge in [-0.05, 0) is 24.3 Å². The van der Waals surface area contributed by atoms with E-state index in [9.17, 15) is 13.6 Å². The fourth-order valence-corrected chi connectivity index (χ4v) is 3.55. The number of carbonyl (C=O) groups excluding carboxylic acids is 1. The van der Waals surface area contributed by atoms with E-state index in [1.54, 1.807) is 35.2 Å². The van der Waals surface area contributed by atoms with Crippen LogP contribution in [0.3, 0.4) is 0 Å². The van der Waals surface area contributed by atoms with Crippen LogP contribution in [0.1, 0.15) is 15.9 Å². The van der Waals surface area contributed by atoms with Gasteiger partial charge in [0.15, 0.2) is 0 Å². The molecule has 3 rings (SSSR count). The van der Waals surface area contributed by atoms with Gasteiger partial charge in [0.2, 0.25) is 0 Å². The second-order valence-corrected chi connectivity index (χ2v) is 6.96. The number of hydrogen-bond acceptors (Lipinski definition) is 3. The maximum absolute atomic E-state index is 12.7. The molecule has 4 nitrogen and oxygen atoms in total. The largest absolute Gasteiger partial charge is 0.434 e. The van der Waals surface area contributed by atoms with Crippen LogP contribution in [0.4, 0.5) is 8.78 Å². The van der Waals surface area contributed by atoms with Crippen LogP contribution in [0.5, 0.6) is 5.75 Å². The topological polar surface area (TPSA) is 32.8 Å². The van der Waals surface area contributed by atoms with Crippen LogP contribution < -0.4 is 4.74 Å². The van der Waals surface area contributed by atoms with Crippen molar-refractivity contribution in [1.82, 2.24) is 9.80 Å². The minimum absolute atomic E-state index is 0.109. The first-order chi connectivity index (χ1) is 13.0. The Kier molecular flexibility index (Phi) is 6.52. The van der Waals surface area contributed by atoms with Crippen molar-refractivity contribution in [2.45, 2.75) is 13.2 Å². The van der Waals surface area contributed by atoms with Crippen molar-refractivity contribution in [3.8, 4) is 5.75 Å². The zero-order valence-corrected chi connectivity index (χ0v) is 15.9. The third kappa shape index (κ3) is 4.89. The number of hydrogen-bond donors (Lipinski definition) is 0. The summed E-state index contributed by atoms with van der Waals surface area (Å²) in [4.78, 5) is 16.5. The third-order valence-corrected chi connectivity index (χ3v) is 5.14. The van der Waals surface area contributed by atoms with Gasteiger partial charge in [-0.2, -0.15) is 8.78 Å². The van der Waals surface area contributed by atoms with Gasteiger partial charge < -0.3 is 9.64 Å². The predicted molar refractivity (Wildman–Crippen MR) is 101 cm³/mol. The van der Waals surface area contributed by atoms with E-state index in [-0.39, 0.29) is 17.2 Å². The number of piperazine rings is 1. The summed E-state index contributed by atoms with van der Waals surface area (Å²) in [6, 6.07) is 11.4. The van der Waals surface area contributed by atoms with E-state index < -0.39 is 6.61 Å². The number of para-hydroxylation sites is 1. The zero-order chi connectivity index (χ0) is 19.4. The van der Waals surface area contributed by atoms with Crippen LogP contribution >= 0.6 is 23.2 Å². The standard InChI is InChI=1S/C19H18Cl2F2N2O2/c20-15-5-3-6-16(21)14(15)12-24-8-10-25(11-9-24)18(26)13-4-1-2-7-17(13)27-19(22)23/h1-7,19H,8-12H2. The molecular formula is C19H18Cl2F2N2O2. The number of rotatable bonds is 5. The summed E-state index contributed by atoms with van der Waals surface area (Å²) >= 11 is 12.4. The predicted octanol–water partition coefficient (Wildman–Crippen LogP) is 4.55. The Morgan fingerprint density at radius 2 is 1.63 bits per heavy atom. The second kappa shape index (κ2) is 8.87. The highest BCUT2D eigenvalue weighted by Crippen LogP contribution is 2.27. The molecule has 2 aromatic carbocycles. The van der Waals surface area contributed by atoms with Gasteiger partial charge in [0.1, 0.15) is 5.75 Å². The Balaban J connectivity index is 1.63. The lowest BCUT2D eigenvalue weighted by Gasteiger charge is -2.35. The average molecular weight is 415 g/mol. The summed E-state index contributed by atoms with van der Waals surface area (Å²) < 4.78 is 29.6. The molecule has 0 N–H and O–H groups in total. The molecule has 8 heteroatoms. The maximum Gasteiger partial charge on any atom is 0.387 e. The first kappa shape index (κ1) is 19.9. The van der Waals surface area contributed by atoms with E-state index in [0.717, 1.165) is 5.56 Å². The van der Waals surface area contributed by atoms with Crippen molar-refractivity contribution in [3.63, 3.8) is 0 Å². The van der Waals surface area contributed by atoms with Crippen LogP contribution in [0.2, 0.25) is 10.0 Å². The second-order valence-electron chi connectivity index (χ2n) is 6.14. The molecule has 0 bridgehead atoms. The first-order valence-electron chi connectivity index (χ1n) is 8.44. The summed E-state index contributed by atoms with van der Waals surface area (Å²) in [6.07, 6.45) is 0. The van der Waals surface area contributed by atoms with Gasteiger partial charge in [-0.15, -0.1) is 0 Å². The molecule has 1 fully saturated rings. The van der Waals surface area contributed by atoms with Crippen molar-refractivity contribution in [2.24, 2.45) is 0 Å². The van der Waals surface area contributed by atoms with Crippen molar-refractivity contribution >= 4 is 29.1 Å². The quantitative estimate of drug-likeness (QED) is 0.718. The molecule has 0 aromatic heterocycles.